The van der Waals surface area contributed by atoms with Crippen LogP contribution in [0.4, 0.5) is 0 Å². The van der Waals surface area contributed by atoms with Crippen LogP contribution >= 0.6 is 0 Å². The molecule has 1 saturated heterocycles. The molecular formula is C19H31N3O4S. The minimum Gasteiger partial charge on any atom is -0.373 e. The van der Waals surface area contributed by atoms with Gasteiger partial charge in [-0.15, -0.1) is 0 Å². The van der Waals surface area contributed by atoms with Gasteiger partial charge in [0.25, 0.3) is 5.91 Å². The number of amides is 1. The van der Waals surface area contributed by atoms with Gasteiger partial charge in [0.1, 0.15) is 0 Å². The summed E-state index contributed by atoms with van der Waals surface area (Å²) >= 11 is 0. The molecule has 3 atom stereocenters. The van der Waals surface area contributed by atoms with Crippen LogP contribution in [-0.2, 0) is 14.8 Å². The Morgan fingerprint density at radius 2 is 1.93 bits per heavy atom. The molecular weight excluding hydrogens is 366 g/mol. The van der Waals surface area contributed by atoms with E-state index in [1.807, 2.05) is 34.6 Å². The molecule has 2 rings (SSSR count). The van der Waals surface area contributed by atoms with Crippen molar-refractivity contribution in [2.45, 2.75) is 57.3 Å². The molecule has 27 heavy (non-hydrogen) atoms. The summed E-state index contributed by atoms with van der Waals surface area (Å²) < 4.78 is 33.1. The van der Waals surface area contributed by atoms with Crippen LogP contribution in [0.25, 0.3) is 0 Å². The Balaban J connectivity index is 2.27. The Kier molecular flexibility index (Phi) is 6.68. The molecule has 1 aliphatic rings. The molecule has 0 spiro atoms. The lowest BCUT2D eigenvalue weighted by Gasteiger charge is -2.34. The lowest BCUT2D eigenvalue weighted by molar-refractivity contribution is -0.0440. The lowest BCUT2D eigenvalue weighted by Crippen LogP contribution is -2.55. The summed E-state index contributed by atoms with van der Waals surface area (Å²) in [6.07, 6.45) is -0.349. The molecule has 3 N–H and O–H groups in total. The number of hydrogen-bond donors (Lipinski definition) is 2. The molecule has 7 nitrogen and oxygen atoms in total. The van der Waals surface area contributed by atoms with E-state index in [9.17, 15) is 13.2 Å². The van der Waals surface area contributed by atoms with E-state index >= 15 is 0 Å². The van der Waals surface area contributed by atoms with Crippen LogP contribution < -0.4 is 11.1 Å². The maximum absolute atomic E-state index is 13.0. The van der Waals surface area contributed by atoms with Crippen LogP contribution in [-0.4, -0.2) is 56.0 Å². The molecule has 1 heterocycles. The average Bonchev–Trinajstić information content (AvgIpc) is 2.60. The molecule has 1 fully saturated rings. The van der Waals surface area contributed by atoms with E-state index in [4.69, 9.17) is 10.5 Å². The van der Waals surface area contributed by atoms with E-state index in [1.165, 1.54) is 16.4 Å². The van der Waals surface area contributed by atoms with E-state index in [-0.39, 0.29) is 35.5 Å². The first-order valence-corrected chi connectivity index (χ1v) is 10.7. The van der Waals surface area contributed by atoms with Crippen LogP contribution in [0.1, 0.15) is 45.0 Å². The fourth-order valence-electron chi connectivity index (χ4n) is 3.04. The second-order valence-corrected chi connectivity index (χ2v) is 9.78. The van der Waals surface area contributed by atoms with Gasteiger partial charge in [0.05, 0.1) is 22.6 Å². The second-order valence-electron chi connectivity index (χ2n) is 7.84. The Hall–Kier alpha value is -1.48. The van der Waals surface area contributed by atoms with Gasteiger partial charge in [-0.3, -0.25) is 4.79 Å². The highest BCUT2D eigenvalue weighted by atomic mass is 32.2. The number of rotatable bonds is 6. The standard InChI is InChI=1S/C19H31N3O4S/c1-13(2)19(5,12-20)21-18(23)16-7-6-8-17(9-16)27(24,25)22-10-14(3)26-15(4)11-22/h6-9,13-15H,10-12,20H2,1-5H3,(H,21,23). The van der Waals surface area contributed by atoms with Crippen molar-refractivity contribution in [3.8, 4) is 0 Å². The van der Waals surface area contributed by atoms with Crippen molar-refractivity contribution in [1.29, 1.82) is 0 Å². The Morgan fingerprint density at radius 1 is 1.33 bits per heavy atom. The summed E-state index contributed by atoms with van der Waals surface area (Å²) in [5.74, 6) is -0.202. The van der Waals surface area contributed by atoms with E-state index in [1.54, 1.807) is 12.1 Å². The van der Waals surface area contributed by atoms with E-state index in [0.29, 0.717) is 18.7 Å². The highest BCUT2D eigenvalue weighted by Gasteiger charge is 2.33. The summed E-state index contributed by atoms with van der Waals surface area (Å²) in [4.78, 5) is 12.8. The van der Waals surface area contributed by atoms with Gasteiger partial charge in [-0.25, -0.2) is 8.42 Å². The number of carbonyl (C=O) groups excluding carboxylic acids is 1. The number of nitrogens with one attached hydrogen (secondary N) is 1. The van der Waals surface area contributed by atoms with Gasteiger partial charge in [-0.1, -0.05) is 19.9 Å². The number of nitrogens with zero attached hydrogens (tertiary/aromatic N) is 1. The molecule has 1 amide bonds. The number of carbonyl (C=O) groups is 1. The fourth-order valence-corrected chi connectivity index (χ4v) is 4.67. The topological polar surface area (TPSA) is 102 Å². The Bertz CT molecular complexity index is 771. The zero-order valence-electron chi connectivity index (χ0n) is 16.7. The number of sulfonamides is 1. The molecule has 152 valence electrons. The van der Waals surface area contributed by atoms with Gasteiger partial charge >= 0.3 is 0 Å². The maximum Gasteiger partial charge on any atom is 0.251 e. The van der Waals surface area contributed by atoms with Crippen molar-refractivity contribution in [1.82, 2.24) is 9.62 Å². The van der Waals surface area contributed by atoms with Crippen LogP contribution in [0.2, 0.25) is 0 Å². The van der Waals surface area contributed by atoms with E-state index in [0.717, 1.165) is 0 Å². The highest BCUT2D eigenvalue weighted by molar-refractivity contribution is 7.89. The number of nitrogens with two attached hydrogens (primary N) is 1. The smallest absolute Gasteiger partial charge is 0.251 e. The van der Waals surface area contributed by atoms with Crippen molar-refractivity contribution in [2.24, 2.45) is 11.7 Å². The Morgan fingerprint density at radius 3 is 2.44 bits per heavy atom. The molecule has 0 bridgehead atoms. The summed E-state index contributed by atoms with van der Waals surface area (Å²) in [5, 5.41) is 2.94. The number of morpholine rings is 1. The number of benzene rings is 1. The predicted octanol–water partition coefficient (Wildman–Crippen LogP) is 1.59. The molecule has 1 aromatic carbocycles. The molecule has 0 aromatic heterocycles. The third-order valence-electron chi connectivity index (χ3n) is 5.22. The quantitative estimate of drug-likeness (QED) is 0.759. The van der Waals surface area contributed by atoms with Crippen LogP contribution in [0.15, 0.2) is 29.2 Å². The Labute approximate surface area is 162 Å². The third kappa shape index (κ3) is 4.87. The SMILES string of the molecule is CC1CN(S(=O)(=O)c2cccc(C(=O)NC(C)(CN)C(C)C)c2)CC(C)O1. The molecule has 1 aromatic rings. The summed E-state index contributed by atoms with van der Waals surface area (Å²) in [6, 6.07) is 6.13. The third-order valence-corrected chi connectivity index (χ3v) is 7.05. The van der Waals surface area contributed by atoms with Crippen LogP contribution in [0.3, 0.4) is 0 Å². The van der Waals surface area contributed by atoms with Crippen molar-refractivity contribution < 1.29 is 17.9 Å². The highest BCUT2D eigenvalue weighted by Crippen LogP contribution is 2.22. The molecule has 3 unspecified atom stereocenters. The van der Waals surface area contributed by atoms with Gasteiger partial charge in [0.15, 0.2) is 0 Å². The lowest BCUT2D eigenvalue weighted by atomic mass is 9.88. The van der Waals surface area contributed by atoms with E-state index < -0.39 is 15.6 Å². The molecule has 0 saturated carbocycles. The first kappa shape index (κ1) is 21.8. The van der Waals surface area contributed by atoms with Crippen LogP contribution in [0.5, 0.6) is 0 Å². The van der Waals surface area contributed by atoms with Gasteiger partial charge in [-0.05, 0) is 44.9 Å². The average molecular weight is 398 g/mol. The zero-order chi connectivity index (χ0) is 20.4. The van der Waals surface area contributed by atoms with Crippen molar-refractivity contribution in [3.05, 3.63) is 29.8 Å². The van der Waals surface area contributed by atoms with Crippen molar-refractivity contribution in [2.75, 3.05) is 19.6 Å². The summed E-state index contributed by atoms with van der Waals surface area (Å²) in [7, 11) is -3.70. The van der Waals surface area contributed by atoms with Crippen LogP contribution in [0, 0.1) is 5.92 Å². The molecule has 0 aliphatic carbocycles. The predicted molar refractivity (Wildman–Crippen MR) is 105 cm³/mol. The normalized spacial score (nSPS) is 23.8. The van der Waals surface area contributed by atoms with Gasteiger partial charge in [0.2, 0.25) is 10.0 Å². The maximum atomic E-state index is 13.0. The molecule has 0 radical (unpaired) electrons. The number of ether oxygens (including phenoxy) is 1. The van der Waals surface area contributed by atoms with Gasteiger partial charge < -0.3 is 15.8 Å². The second kappa shape index (κ2) is 8.26. The van der Waals surface area contributed by atoms with Gasteiger partial charge in [-0.2, -0.15) is 4.31 Å². The summed E-state index contributed by atoms with van der Waals surface area (Å²) in [5.41, 5.74) is 5.56. The van der Waals surface area contributed by atoms with E-state index in [2.05, 4.69) is 5.32 Å². The summed E-state index contributed by atoms with van der Waals surface area (Å²) in [6.45, 7) is 10.4. The monoisotopic (exact) mass is 397 g/mol. The minimum atomic E-state index is -3.70. The number of hydrogen-bond acceptors (Lipinski definition) is 5. The largest absolute Gasteiger partial charge is 0.373 e. The molecule has 1 aliphatic heterocycles. The van der Waals surface area contributed by atoms with Gasteiger partial charge in [0, 0.05) is 25.2 Å². The first-order valence-electron chi connectivity index (χ1n) is 9.28. The zero-order valence-corrected chi connectivity index (χ0v) is 17.5. The molecule has 8 heteroatoms. The van der Waals surface area contributed by atoms with Crippen molar-refractivity contribution >= 4 is 15.9 Å². The fraction of sp³-hybridized carbons (Fsp3) is 0.632. The minimum absolute atomic E-state index is 0.107. The van der Waals surface area contributed by atoms with Crippen molar-refractivity contribution in [3.63, 3.8) is 0 Å². The first-order chi connectivity index (χ1) is 12.5.